The average molecular weight is 207 g/mol. The Kier molecular flexibility index (Phi) is 2.75. The highest BCUT2D eigenvalue weighted by Gasteiger charge is 2.21. The number of fused-ring (bicyclic) bond motifs is 1. The van der Waals surface area contributed by atoms with Gasteiger partial charge in [-0.05, 0) is 25.2 Å². The summed E-state index contributed by atoms with van der Waals surface area (Å²) < 4.78 is 0. The average Bonchev–Trinajstić information content (AvgIpc) is 2.67. The molecule has 0 aromatic carbocycles. The quantitative estimate of drug-likeness (QED) is 0.792. The minimum atomic E-state index is -0.231. The maximum atomic E-state index is 11.4. The van der Waals surface area contributed by atoms with Gasteiger partial charge in [-0.3, -0.25) is 0 Å². The van der Waals surface area contributed by atoms with Gasteiger partial charge in [0.05, 0.1) is 0 Å². The molecule has 0 bridgehead atoms. The first-order chi connectivity index (χ1) is 7.26. The van der Waals surface area contributed by atoms with Crippen LogP contribution in [0.3, 0.4) is 0 Å². The Hall–Kier alpha value is -1.32. The lowest BCUT2D eigenvalue weighted by Gasteiger charge is -2.15. The van der Waals surface area contributed by atoms with Crippen molar-refractivity contribution in [1.82, 2.24) is 9.97 Å². The molecule has 2 N–H and O–H groups in total. The van der Waals surface area contributed by atoms with Gasteiger partial charge in [0.25, 0.3) is 0 Å². The summed E-state index contributed by atoms with van der Waals surface area (Å²) >= 11 is 0. The third kappa shape index (κ3) is 1.76. The van der Waals surface area contributed by atoms with Crippen molar-refractivity contribution < 1.29 is 0 Å². The van der Waals surface area contributed by atoms with E-state index in [4.69, 9.17) is 0 Å². The Balaban J connectivity index is 2.50. The normalized spacial score (nSPS) is 14.1. The van der Waals surface area contributed by atoms with Crippen LogP contribution in [0.1, 0.15) is 43.9 Å². The third-order valence-electron chi connectivity index (χ3n) is 3.13. The van der Waals surface area contributed by atoms with Crippen LogP contribution >= 0.6 is 0 Å². The summed E-state index contributed by atoms with van der Waals surface area (Å²) in [6.07, 6.45) is 3.09. The Morgan fingerprint density at radius 3 is 2.80 bits per heavy atom. The molecule has 0 unspecified atom stereocenters. The van der Waals surface area contributed by atoms with Crippen LogP contribution in [-0.4, -0.2) is 16.5 Å². The SMILES string of the molecule is CCC(CC)c1[nH]c(=O)nc2c1CCN2. The van der Waals surface area contributed by atoms with Gasteiger partial charge < -0.3 is 10.3 Å². The van der Waals surface area contributed by atoms with E-state index < -0.39 is 0 Å². The fourth-order valence-electron chi connectivity index (χ4n) is 2.27. The predicted octanol–water partition coefficient (Wildman–Crippen LogP) is 1.64. The maximum Gasteiger partial charge on any atom is 0.347 e. The summed E-state index contributed by atoms with van der Waals surface area (Å²) in [6.45, 7) is 5.20. The van der Waals surface area contributed by atoms with Gasteiger partial charge in [-0.1, -0.05) is 13.8 Å². The monoisotopic (exact) mass is 207 g/mol. The van der Waals surface area contributed by atoms with Crippen molar-refractivity contribution in [3.05, 3.63) is 21.7 Å². The zero-order valence-electron chi connectivity index (χ0n) is 9.26. The van der Waals surface area contributed by atoms with Crippen LogP contribution in [0.2, 0.25) is 0 Å². The van der Waals surface area contributed by atoms with Crippen molar-refractivity contribution in [1.29, 1.82) is 0 Å². The highest BCUT2D eigenvalue weighted by molar-refractivity contribution is 5.51. The van der Waals surface area contributed by atoms with Crippen molar-refractivity contribution in [3.8, 4) is 0 Å². The van der Waals surface area contributed by atoms with Gasteiger partial charge in [-0.2, -0.15) is 4.98 Å². The van der Waals surface area contributed by atoms with Gasteiger partial charge in [-0.25, -0.2) is 4.79 Å². The number of H-pyrrole nitrogens is 1. The number of aromatic amines is 1. The molecule has 0 saturated heterocycles. The number of rotatable bonds is 3. The van der Waals surface area contributed by atoms with Gasteiger partial charge in [0, 0.05) is 17.8 Å². The fraction of sp³-hybridized carbons (Fsp3) is 0.636. The van der Waals surface area contributed by atoms with Crippen LogP contribution in [0, 0.1) is 0 Å². The second-order valence-corrected chi connectivity index (χ2v) is 3.97. The van der Waals surface area contributed by atoms with Crippen LogP contribution < -0.4 is 11.0 Å². The minimum Gasteiger partial charge on any atom is -0.369 e. The topological polar surface area (TPSA) is 57.8 Å². The molecule has 1 aromatic heterocycles. The van der Waals surface area contributed by atoms with Gasteiger partial charge in [-0.15, -0.1) is 0 Å². The molecule has 0 saturated carbocycles. The number of nitrogens with one attached hydrogen (secondary N) is 2. The second kappa shape index (κ2) is 4.04. The minimum absolute atomic E-state index is 0.231. The molecule has 2 rings (SSSR count). The van der Waals surface area contributed by atoms with Crippen LogP contribution in [0.4, 0.5) is 5.82 Å². The summed E-state index contributed by atoms with van der Waals surface area (Å²) in [7, 11) is 0. The van der Waals surface area contributed by atoms with E-state index in [1.54, 1.807) is 0 Å². The molecule has 0 fully saturated rings. The predicted molar refractivity (Wildman–Crippen MR) is 60.4 cm³/mol. The zero-order valence-corrected chi connectivity index (χ0v) is 9.26. The summed E-state index contributed by atoms with van der Waals surface area (Å²) in [5, 5.41) is 3.15. The molecule has 4 nitrogen and oxygen atoms in total. The van der Waals surface area contributed by atoms with Crippen molar-refractivity contribution >= 4 is 5.82 Å². The lowest BCUT2D eigenvalue weighted by molar-refractivity contribution is 0.612. The first kappa shape index (κ1) is 10.2. The van der Waals surface area contributed by atoms with Crippen LogP contribution in [0.25, 0.3) is 0 Å². The highest BCUT2D eigenvalue weighted by atomic mass is 16.1. The summed E-state index contributed by atoms with van der Waals surface area (Å²) in [5.74, 6) is 1.25. The second-order valence-electron chi connectivity index (χ2n) is 3.97. The van der Waals surface area contributed by atoms with Gasteiger partial charge in [0.15, 0.2) is 0 Å². The molecule has 1 aromatic rings. The number of anilines is 1. The number of hydrogen-bond donors (Lipinski definition) is 2. The van der Waals surface area contributed by atoms with Gasteiger partial charge >= 0.3 is 5.69 Å². The molecule has 0 aliphatic carbocycles. The molecular weight excluding hydrogens is 190 g/mol. The van der Waals surface area contributed by atoms with E-state index in [9.17, 15) is 4.79 Å². The molecule has 0 amide bonds. The third-order valence-corrected chi connectivity index (χ3v) is 3.13. The zero-order chi connectivity index (χ0) is 10.8. The van der Waals surface area contributed by atoms with E-state index in [2.05, 4.69) is 29.1 Å². The summed E-state index contributed by atoms with van der Waals surface area (Å²) in [5.41, 5.74) is 2.08. The lowest BCUT2D eigenvalue weighted by atomic mass is 9.95. The molecule has 1 aliphatic rings. The number of aromatic nitrogens is 2. The Labute approximate surface area is 89.1 Å². The summed E-state index contributed by atoms with van der Waals surface area (Å²) in [4.78, 5) is 18.2. The fourth-order valence-corrected chi connectivity index (χ4v) is 2.27. The molecule has 4 heteroatoms. The van der Waals surface area contributed by atoms with E-state index >= 15 is 0 Å². The Bertz CT molecular complexity index is 407. The molecule has 0 atom stereocenters. The molecular formula is C11H17N3O. The molecule has 15 heavy (non-hydrogen) atoms. The van der Waals surface area contributed by atoms with Crippen LogP contribution in [-0.2, 0) is 6.42 Å². The van der Waals surface area contributed by atoms with Gasteiger partial charge in [0.1, 0.15) is 5.82 Å². The van der Waals surface area contributed by atoms with Crippen molar-refractivity contribution in [2.24, 2.45) is 0 Å². The molecule has 82 valence electrons. The van der Waals surface area contributed by atoms with Crippen molar-refractivity contribution in [2.75, 3.05) is 11.9 Å². The number of hydrogen-bond acceptors (Lipinski definition) is 3. The van der Waals surface area contributed by atoms with Crippen LogP contribution in [0.5, 0.6) is 0 Å². The smallest absolute Gasteiger partial charge is 0.347 e. The van der Waals surface area contributed by atoms with E-state index in [0.717, 1.165) is 37.3 Å². The van der Waals surface area contributed by atoms with Gasteiger partial charge in [0.2, 0.25) is 0 Å². The van der Waals surface area contributed by atoms with Crippen LogP contribution in [0.15, 0.2) is 4.79 Å². The molecule has 2 heterocycles. The molecule has 0 radical (unpaired) electrons. The summed E-state index contributed by atoms with van der Waals surface area (Å²) in [6, 6.07) is 0. The molecule has 0 spiro atoms. The van der Waals surface area contributed by atoms with E-state index in [1.807, 2.05) is 0 Å². The molecule has 1 aliphatic heterocycles. The Morgan fingerprint density at radius 2 is 2.13 bits per heavy atom. The van der Waals surface area contributed by atoms with E-state index in [0.29, 0.717) is 5.92 Å². The standard InChI is InChI=1S/C11H17N3O/c1-3-7(4-2)9-8-5-6-12-10(8)14-11(15)13-9/h7H,3-6H2,1-2H3,(H2,12,13,14,15). The first-order valence-electron chi connectivity index (χ1n) is 5.63. The van der Waals surface area contributed by atoms with E-state index in [-0.39, 0.29) is 5.69 Å². The maximum absolute atomic E-state index is 11.4. The van der Waals surface area contributed by atoms with Crippen molar-refractivity contribution in [3.63, 3.8) is 0 Å². The van der Waals surface area contributed by atoms with E-state index in [1.165, 1.54) is 5.56 Å². The largest absolute Gasteiger partial charge is 0.369 e. The first-order valence-corrected chi connectivity index (χ1v) is 5.63. The lowest BCUT2D eigenvalue weighted by Crippen LogP contribution is -2.17. The highest BCUT2D eigenvalue weighted by Crippen LogP contribution is 2.29. The Morgan fingerprint density at radius 1 is 1.40 bits per heavy atom. The van der Waals surface area contributed by atoms with Crippen molar-refractivity contribution in [2.45, 2.75) is 39.0 Å². The number of nitrogens with zero attached hydrogens (tertiary/aromatic N) is 1.